The summed E-state index contributed by atoms with van der Waals surface area (Å²) < 4.78 is 0. The summed E-state index contributed by atoms with van der Waals surface area (Å²) in [5.41, 5.74) is 0.986. The van der Waals surface area contributed by atoms with Gasteiger partial charge in [0.15, 0.2) is 0 Å². The monoisotopic (exact) mass is 279 g/mol. The van der Waals surface area contributed by atoms with Crippen LogP contribution in [-0.4, -0.2) is 28.1 Å². The van der Waals surface area contributed by atoms with Crippen LogP contribution in [0.5, 0.6) is 0 Å². The zero-order chi connectivity index (χ0) is 13.8. The normalized spacial score (nSPS) is 24.9. The van der Waals surface area contributed by atoms with Gasteiger partial charge in [0.1, 0.15) is 0 Å². The molecule has 2 rings (SSSR count). The Morgan fingerprint density at radius 3 is 2.79 bits per heavy atom. The number of carbonyl (C=O) groups is 1. The minimum atomic E-state index is -0.897. The van der Waals surface area contributed by atoms with E-state index in [1.807, 2.05) is 5.38 Å². The zero-order valence-electron chi connectivity index (χ0n) is 11.5. The van der Waals surface area contributed by atoms with Gasteiger partial charge in [0.25, 0.3) is 0 Å². The van der Waals surface area contributed by atoms with Gasteiger partial charge in [0, 0.05) is 29.6 Å². The molecule has 0 amide bonds. The van der Waals surface area contributed by atoms with Gasteiger partial charge in [-0.25, -0.2) is 4.79 Å². The summed E-state index contributed by atoms with van der Waals surface area (Å²) in [6, 6.07) is 3.38. The van der Waals surface area contributed by atoms with Gasteiger partial charge in [-0.05, 0) is 49.8 Å². The first-order chi connectivity index (χ1) is 9.06. The van der Waals surface area contributed by atoms with Crippen molar-refractivity contribution in [2.75, 3.05) is 0 Å². The number of carboxylic acids is 1. The molecule has 2 heterocycles. The van der Waals surface area contributed by atoms with Gasteiger partial charge in [-0.3, -0.25) is 4.90 Å². The number of hydrogen-bond acceptors (Lipinski definition) is 3. The van der Waals surface area contributed by atoms with E-state index in [0.717, 1.165) is 12.1 Å². The van der Waals surface area contributed by atoms with Crippen LogP contribution in [0, 0.1) is 0 Å². The summed E-state index contributed by atoms with van der Waals surface area (Å²) in [7, 11) is 0. The number of carboxylic acid groups (broad SMARTS) is 1. The SMILES string of the molecule is CC1CCCC(C)N1Cc1cc(C=CC(=O)O)cs1. The Morgan fingerprint density at radius 1 is 1.47 bits per heavy atom. The molecule has 0 spiro atoms. The molecular weight excluding hydrogens is 258 g/mol. The molecule has 3 nitrogen and oxygen atoms in total. The second kappa shape index (κ2) is 6.35. The first kappa shape index (κ1) is 14.3. The van der Waals surface area contributed by atoms with Crippen molar-refractivity contribution >= 4 is 23.4 Å². The van der Waals surface area contributed by atoms with Gasteiger partial charge >= 0.3 is 5.97 Å². The van der Waals surface area contributed by atoms with Crippen LogP contribution in [-0.2, 0) is 11.3 Å². The van der Waals surface area contributed by atoms with Crippen LogP contribution < -0.4 is 0 Å². The summed E-state index contributed by atoms with van der Waals surface area (Å²) in [5, 5.41) is 10.6. The molecule has 0 aromatic carbocycles. The average molecular weight is 279 g/mol. The molecule has 1 N–H and O–H groups in total. The predicted octanol–water partition coefficient (Wildman–Crippen LogP) is 3.61. The molecule has 1 aliphatic heterocycles. The number of thiophene rings is 1. The van der Waals surface area contributed by atoms with E-state index in [4.69, 9.17) is 5.11 Å². The summed E-state index contributed by atoms with van der Waals surface area (Å²) in [5.74, 6) is -0.897. The van der Waals surface area contributed by atoms with Gasteiger partial charge in [-0.15, -0.1) is 11.3 Å². The lowest BCUT2D eigenvalue weighted by Crippen LogP contribution is -2.42. The van der Waals surface area contributed by atoms with Crippen LogP contribution in [0.15, 0.2) is 17.5 Å². The van der Waals surface area contributed by atoms with Crippen molar-refractivity contribution < 1.29 is 9.90 Å². The molecule has 19 heavy (non-hydrogen) atoms. The minimum absolute atomic E-state index is 0.642. The fraction of sp³-hybridized carbons (Fsp3) is 0.533. The molecule has 0 radical (unpaired) electrons. The lowest BCUT2D eigenvalue weighted by Gasteiger charge is -2.38. The van der Waals surface area contributed by atoms with E-state index < -0.39 is 5.97 Å². The van der Waals surface area contributed by atoms with Crippen LogP contribution >= 0.6 is 11.3 Å². The Bertz CT molecular complexity index is 456. The maximum atomic E-state index is 10.5. The molecule has 2 unspecified atom stereocenters. The van der Waals surface area contributed by atoms with E-state index in [-0.39, 0.29) is 0 Å². The molecule has 4 heteroatoms. The lowest BCUT2D eigenvalue weighted by atomic mass is 9.97. The van der Waals surface area contributed by atoms with Gasteiger partial charge in [-0.2, -0.15) is 0 Å². The van der Waals surface area contributed by atoms with E-state index >= 15 is 0 Å². The Balaban J connectivity index is 2.01. The maximum absolute atomic E-state index is 10.5. The Morgan fingerprint density at radius 2 is 2.16 bits per heavy atom. The third kappa shape index (κ3) is 3.91. The van der Waals surface area contributed by atoms with Gasteiger partial charge in [0.05, 0.1) is 0 Å². The number of nitrogens with zero attached hydrogens (tertiary/aromatic N) is 1. The van der Waals surface area contributed by atoms with Crippen molar-refractivity contribution in [2.24, 2.45) is 0 Å². The molecule has 1 saturated heterocycles. The van der Waals surface area contributed by atoms with Crippen molar-refractivity contribution in [1.82, 2.24) is 4.90 Å². The maximum Gasteiger partial charge on any atom is 0.328 e. The summed E-state index contributed by atoms with van der Waals surface area (Å²) in [4.78, 5) is 14.4. The van der Waals surface area contributed by atoms with Crippen LogP contribution in [0.25, 0.3) is 6.08 Å². The third-order valence-corrected chi connectivity index (χ3v) is 4.75. The molecule has 104 valence electrons. The van der Waals surface area contributed by atoms with Crippen LogP contribution in [0.1, 0.15) is 43.6 Å². The fourth-order valence-electron chi connectivity index (χ4n) is 2.70. The molecule has 0 saturated carbocycles. The van der Waals surface area contributed by atoms with E-state index in [2.05, 4.69) is 24.8 Å². The second-order valence-electron chi connectivity index (χ2n) is 5.32. The molecule has 1 aliphatic rings. The first-order valence-corrected chi connectivity index (χ1v) is 7.68. The summed E-state index contributed by atoms with van der Waals surface area (Å²) in [6.07, 6.45) is 6.74. The lowest BCUT2D eigenvalue weighted by molar-refractivity contribution is -0.131. The van der Waals surface area contributed by atoms with Crippen LogP contribution in [0.4, 0.5) is 0 Å². The van der Waals surface area contributed by atoms with Crippen molar-refractivity contribution in [3.05, 3.63) is 28.0 Å². The Labute approximate surface area is 118 Å². The van der Waals surface area contributed by atoms with Crippen molar-refractivity contribution in [3.8, 4) is 0 Å². The standard InChI is InChI=1S/C15H21NO2S/c1-11-4-3-5-12(2)16(11)9-14-8-13(10-19-14)6-7-15(17)18/h6-8,10-12H,3-5,9H2,1-2H3,(H,17,18). The molecular formula is C15H21NO2S. The zero-order valence-corrected chi connectivity index (χ0v) is 12.3. The number of hydrogen-bond donors (Lipinski definition) is 1. The minimum Gasteiger partial charge on any atom is -0.478 e. The van der Waals surface area contributed by atoms with Gasteiger partial charge < -0.3 is 5.11 Å². The third-order valence-electron chi connectivity index (χ3n) is 3.81. The number of rotatable bonds is 4. The Hall–Kier alpha value is -1.13. The number of likely N-dealkylation sites (tertiary alicyclic amines) is 1. The first-order valence-electron chi connectivity index (χ1n) is 6.80. The van der Waals surface area contributed by atoms with E-state index in [9.17, 15) is 4.79 Å². The van der Waals surface area contributed by atoms with Gasteiger partial charge in [-0.1, -0.05) is 6.42 Å². The molecule has 0 bridgehead atoms. The predicted molar refractivity (Wildman–Crippen MR) is 79.3 cm³/mol. The number of piperidine rings is 1. The van der Waals surface area contributed by atoms with Gasteiger partial charge in [0.2, 0.25) is 0 Å². The molecule has 1 fully saturated rings. The van der Waals surface area contributed by atoms with Crippen molar-refractivity contribution in [3.63, 3.8) is 0 Å². The van der Waals surface area contributed by atoms with E-state index in [0.29, 0.717) is 12.1 Å². The molecule has 2 atom stereocenters. The smallest absolute Gasteiger partial charge is 0.328 e. The highest BCUT2D eigenvalue weighted by Crippen LogP contribution is 2.26. The van der Waals surface area contributed by atoms with Crippen molar-refractivity contribution in [2.45, 2.75) is 51.7 Å². The summed E-state index contributed by atoms with van der Waals surface area (Å²) in [6.45, 7) is 5.58. The van der Waals surface area contributed by atoms with E-state index in [1.54, 1.807) is 17.4 Å². The highest BCUT2D eigenvalue weighted by Gasteiger charge is 2.24. The highest BCUT2D eigenvalue weighted by atomic mass is 32.1. The van der Waals surface area contributed by atoms with Crippen molar-refractivity contribution in [1.29, 1.82) is 0 Å². The van der Waals surface area contributed by atoms with Crippen LogP contribution in [0.2, 0.25) is 0 Å². The quantitative estimate of drug-likeness (QED) is 0.856. The average Bonchev–Trinajstić information content (AvgIpc) is 2.79. The second-order valence-corrected chi connectivity index (χ2v) is 6.31. The van der Waals surface area contributed by atoms with E-state index in [1.165, 1.54) is 30.2 Å². The largest absolute Gasteiger partial charge is 0.478 e. The topological polar surface area (TPSA) is 40.5 Å². The molecule has 0 aliphatic carbocycles. The summed E-state index contributed by atoms with van der Waals surface area (Å²) >= 11 is 1.71. The van der Waals surface area contributed by atoms with Crippen LogP contribution in [0.3, 0.4) is 0 Å². The molecule has 1 aromatic rings. The molecule has 1 aromatic heterocycles. The fourth-order valence-corrected chi connectivity index (χ4v) is 3.56. The number of aliphatic carboxylic acids is 1. The highest BCUT2D eigenvalue weighted by molar-refractivity contribution is 7.10. The Kier molecular flexibility index (Phi) is 4.77.